The zero-order valence-corrected chi connectivity index (χ0v) is 15.7. The van der Waals surface area contributed by atoms with Crippen LogP contribution in [0.25, 0.3) is 22.9 Å². The Hall–Kier alpha value is -2.88. The summed E-state index contributed by atoms with van der Waals surface area (Å²) in [5, 5.41) is 4.75. The molecule has 27 heavy (non-hydrogen) atoms. The van der Waals surface area contributed by atoms with Crippen molar-refractivity contribution in [2.75, 3.05) is 6.54 Å². The second-order valence-electron chi connectivity index (χ2n) is 7.08. The molecule has 4 rings (SSSR count). The Morgan fingerprint density at radius 3 is 2.78 bits per heavy atom. The maximum atomic E-state index is 12.9. The predicted octanol–water partition coefficient (Wildman–Crippen LogP) is 4.81. The molecule has 138 valence electrons. The molecule has 4 heteroatoms. The van der Waals surface area contributed by atoms with Crippen LogP contribution in [0.1, 0.15) is 38.2 Å². The maximum absolute atomic E-state index is 12.9. The van der Waals surface area contributed by atoms with Crippen molar-refractivity contribution < 1.29 is 4.79 Å². The molecular weight excluding hydrogens is 334 g/mol. The number of piperidine rings is 1. The quantitative estimate of drug-likeness (QED) is 0.627. The van der Waals surface area contributed by atoms with E-state index in [-0.39, 0.29) is 5.91 Å². The average Bonchev–Trinajstić information content (AvgIpc) is 3.11. The average molecular weight is 359 g/mol. The van der Waals surface area contributed by atoms with Crippen LogP contribution in [0.15, 0.2) is 60.8 Å². The van der Waals surface area contributed by atoms with Crippen molar-refractivity contribution in [2.45, 2.75) is 38.6 Å². The van der Waals surface area contributed by atoms with Crippen LogP contribution in [-0.4, -0.2) is 33.0 Å². The van der Waals surface area contributed by atoms with Gasteiger partial charge in [0.25, 0.3) is 0 Å². The summed E-state index contributed by atoms with van der Waals surface area (Å²) in [7, 11) is 0. The normalized spacial score (nSPS) is 17.7. The van der Waals surface area contributed by atoms with Crippen molar-refractivity contribution in [1.29, 1.82) is 0 Å². The topological polar surface area (TPSA) is 37.6 Å². The van der Waals surface area contributed by atoms with Crippen LogP contribution >= 0.6 is 0 Å². The van der Waals surface area contributed by atoms with Crippen molar-refractivity contribution in [3.63, 3.8) is 0 Å². The molecule has 1 saturated heterocycles. The number of fused-ring (bicyclic) bond motifs is 1. The van der Waals surface area contributed by atoms with Gasteiger partial charge in [-0.15, -0.1) is 0 Å². The Bertz CT molecular complexity index is 958. The summed E-state index contributed by atoms with van der Waals surface area (Å²) < 4.78 is 1.88. The lowest BCUT2D eigenvalue weighted by Gasteiger charge is -2.34. The highest BCUT2D eigenvalue weighted by Gasteiger charge is 2.23. The first-order valence-corrected chi connectivity index (χ1v) is 9.79. The minimum absolute atomic E-state index is 0.107. The molecule has 3 aromatic rings. The van der Waals surface area contributed by atoms with Crippen LogP contribution < -0.4 is 0 Å². The lowest BCUT2D eigenvalue weighted by Crippen LogP contribution is -2.42. The zero-order chi connectivity index (χ0) is 18.6. The molecule has 1 atom stereocenters. The molecule has 1 aliphatic rings. The van der Waals surface area contributed by atoms with Gasteiger partial charge in [0.15, 0.2) is 0 Å². The fraction of sp³-hybridized carbons (Fsp3) is 0.304. The third kappa shape index (κ3) is 3.52. The Balaban J connectivity index is 1.70. The molecule has 1 amide bonds. The number of carbonyl (C=O) groups excluding carboxylic acids is 1. The predicted molar refractivity (Wildman–Crippen MR) is 109 cm³/mol. The van der Waals surface area contributed by atoms with E-state index >= 15 is 0 Å². The summed E-state index contributed by atoms with van der Waals surface area (Å²) in [6.07, 6.45) is 10.1. The minimum Gasteiger partial charge on any atom is -0.336 e. The molecule has 0 N–H and O–H groups in total. The highest BCUT2D eigenvalue weighted by molar-refractivity contribution is 5.95. The molecule has 1 fully saturated rings. The second kappa shape index (κ2) is 7.78. The zero-order valence-electron chi connectivity index (χ0n) is 15.7. The van der Waals surface area contributed by atoms with E-state index in [0.29, 0.717) is 6.04 Å². The van der Waals surface area contributed by atoms with Gasteiger partial charge >= 0.3 is 0 Å². The van der Waals surface area contributed by atoms with Crippen LogP contribution in [0, 0.1) is 0 Å². The standard InChI is InChI=1S/C23H25N3O/c1-2-19-12-6-8-16-25(19)22(27)15-14-20-21-13-7-9-17-26(21)24-23(20)18-10-4-3-5-11-18/h3-5,7,9-11,13-15,17,19H,2,6,8,12,16H2,1H3/b15-14+. The van der Waals surface area contributed by atoms with Crippen molar-refractivity contribution in [1.82, 2.24) is 14.5 Å². The molecule has 4 nitrogen and oxygen atoms in total. The van der Waals surface area contributed by atoms with Crippen molar-refractivity contribution in [2.24, 2.45) is 0 Å². The van der Waals surface area contributed by atoms with E-state index in [1.54, 1.807) is 6.08 Å². The van der Waals surface area contributed by atoms with Gasteiger partial charge in [-0.1, -0.05) is 43.3 Å². The highest BCUT2D eigenvalue weighted by atomic mass is 16.2. The van der Waals surface area contributed by atoms with Gasteiger partial charge in [0.05, 0.1) is 5.52 Å². The van der Waals surface area contributed by atoms with E-state index in [4.69, 9.17) is 5.10 Å². The number of carbonyl (C=O) groups is 1. The molecule has 0 radical (unpaired) electrons. The first kappa shape index (κ1) is 17.5. The first-order valence-electron chi connectivity index (χ1n) is 9.79. The Kier molecular flexibility index (Phi) is 5.05. The Morgan fingerprint density at radius 1 is 1.15 bits per heavy atom. The van der Waals surface area contributed by atoms with Crippen molar-refractivity contribution in [3.8, 4) is 11.3 Å². The van der Waals surface area contributed by atoms with Gasteiger partial charge in [-0.3, -0.25) is 4.79 Å². The van der Waals surface area contributed by atoms with Gasteiger partial charge in [0, 0.05) is 36.0 Å². The van der Waals surface area contributed by atoms with Crippen LogP contribution in [-0.2, 0) is 4.79 Å². The molecule has 0 saturated carbocycles. The van der Waals surface area contributed by atoms with E-state index < -0.39 is 0 Å². The molecule has 1 unspecified atom stereocenters. The van der Waals surface area contributed by atoms with Crippen LogP contribution in [0.3, 0.4) is 0 Å². The van der Waals surface area contributed by atoms with Crippen molar-refractivity contribution >= 4 is 17.5 Å². The fourth-order valence-electron chi connectivity index (χ4n) is 3.96. The monoisotopic (exact) mass is 359 g/mol. The van der Waals surface area contributed by atoms with Gasteiger partial charge in [0.2, 0.25) is 5.91 Å². The van der Waals surface area contributed by atoms with E-state index in [1.807, 2.05) is 58.1 Å². The third-order valence-electron chi connectivity index (χ3n) is 5.40. The molecule has 1 aromatic carbocycles. The third-order valence-corrected chi connectivity index (χ3v) is 5.40. The van der Waals surface area contributed by atoms with Crippen molar-refractivity contribution in [3.05, 3.63) is 66.4 Å². The summed E-state index contributed by atoms with van der Waals surface area (Å²) in [5.41, 5.74) is 3.94. The number of amides is 1. The number of hydrogen-bond donors (Lipinski definition) is 0. The maximum Gasteiger partial charge on any atom is 0.246 e. The van der Waals surface area contributed by atoms with E-state index in [1.165, 1.54) is 6.42 Å². The van der Waals surface area contributed by atoms with Gasteiger partial charge < -0.3 is 4.90 Å². The van der Waals surface area contributed by atoms with Gasteiger partial charge in [-0.2, -0.15) is 5.10 Å². The van der Waals surface area contributed by atoms with Gasteiger partial charge in [-0.05, 0) is 43.9 Å². The number of aromatic nitrogens is 2. The van der Waals surface area contributed by atoms with E-state index in [0.717, 1.165) is 48.1 Å². The van der Waals surface area contributed by atoms with E-state index in [9.17, 15) is 4.79 Å². The first-order chi connectivity index (χ1) is 13.3. The van der Waals surface area contributed by atoms with Gasteiger partial charge in [-0.25, -0.2) is 4.52 Å². The number of benzene rings is 1. The molecule has 3 heterocycles. The number of likely N-dealkylation sites (tertiary alicyclic amines) is 1. The SMILES string of the molecule is CCC1CCCCN1C(=O)/C=C/c1c(-c2ccccc2)nn2ccccc12. The highest BCUT2D eigenvalue weighted by Crippen LogP contribution is 2.27. The molecule has 0 spiro atoms. The summed E-state index contributed by atoms with van der Waals surface area (Å²) >= 11 is 0. The Morgan fingerprint density at radius 2 is 1.96 bits per heavy atom. The smallest absolute Gasteiger partial charge is 0.246 e. The summed E-state index contributed by atoms with van der Waals surface area (Å²) in [5.74, 6) is 0.107. The number of hydrogen-bond acceptors (Lipinski definition) is 2. The largest absolute Gasteiger partial charge is 0.336 e. The summed E-state index contributed by atoms with van der Waals surface area (Å²) in [4.78, 5) is 14.9. The number of pyridine rings is 1. The van der Waals surface area contributed by atoms with Crippen LogP contribution in [0.2, 0.25) is 0 Å². The Labute approximate surface area is 160 Å². The van der Waals surface area contributed by atoms with Gasteiger partial charge in [0.1, 0.15) is 5.69 Å². The summed E-state index contributed by atoms with van der Waals surface area (Å²) in [6, 6.07) is 16.5. The molecule has 2 aromatic heterocycles. The lowest BCUT2D eigenvalue weighted by atomic mass is 10.00. The minimum atomic E-state index is 0.107. The number of nitrogens with zero attached hydrogens (tertiary/aromatic N) is 3. The second-order valence-corrected chi connectivity index (χ2v) is 7.08. The summed E-state index contributed by atoms with van der Waals surface area (Å²) in [6.45, 7) is 3.03. The molecule has 1 aliphatic heterocycles. The number of rotatable bonds is 4. The van der Waals surface area contributed by atoms with Crippen LogP contribution in [0.5, 0.6) is 0 Å². The lowest BCUT2D eigenvalue weighted by molar-refractivity contribution is -0.129. The molecule has 0 aliphatic carbocycles. The molecular formula is C23H25N3O. The van der Waals surface area contributed by atoms with E-state index in [2.05, 4.69) is 19.1 Å². The fourth-order valence-corrected chi connectivity index (χ4v) is 3.96. The van der Waals surface area contributed by atoms with Crippen LogP contribution in [0.4, 0.5) is 0 Å². The molecule has 0 bridgehead atoms.